The average Bonchev–Trinajstić information content (AvgIpc) is 3.11. The van der Waals surface area contributed by atoms with Crippen molar-refractivity contribution in [3.63, 3.8) is 0 Å². The molecule has 0 fully saturated rings. The van der Waals surface area contributed by atoms with E-state index in [1.807, 2.05) is 0 Å². The van der Waals surface area contributed by atoms with Gasteiger partial charge >= 0.3 is 12.1 Å². The van der Waals surface area contributed by atoms with Gasteiger partial charge in [0, 0.05) is 36.1 Å². The molecule has 0 unspecified atom stereocenters. The zero-order chi connectivity index (χ0) is 15.7. The summed E-state index contributed by atoms with van der Waals surface area (Å²) in [6.45, 7) is 0. The van der Waals surface area contributed by atoms with Crippen molar-refractivity contribution in [3.8, 4) is 11.4 Å². The zero-order valence-electron chi connectivity index (χ0n) is 10.8. The van der Waals surface area contributed by atoms with Crippen LogP contribution >= 0.6 is 0 Å². The Morgan fingerprint density at radius 3 is 2.68 bits per heavy atom. The van der Waals surface area contributed by atoms with Crippen LogP contribution in [0, 0.1) is 0 Å². The van der Waals surface area contributed by atoms with Gasteiger partial charge in [0.1, 0.15) is 5.82 Å². The number of hydrogen-bond acceptors (Lipinski definition) is 5. The van der Waals surface area contributed by atoms with Crippen LogP contribution in [0.4, 0.5) is 13.2 Å². The number of halogens is 3. The highest BCUT2D eigenvalue weighted by Crippen LogP contribution is 2.29. The standard InChI is InChI=1S/C12H8F3N5O2/c13-12(14,15)11-19-9(20-22-11)6-1-2-18-10(21)7(6)5-8-16-3-4-17-8/h1-4H,5H2,(H,16,17)(H,18,21). The fourth-order valence-electron chi connectivity index (χ4n) is 1.91. The molecule has 7 nitrogen and oxygen atoms in total. The number of nitrogens with zero attached hydrogens (tertiary/aromatic N) is 3. The van der Waals surface area contributed by atoms with Crippen LogP contribution < -0.4 is 5.56 Å². The van der Waals surface area contributed by atoms with E-state index in [9.17, 15) is 18.0 Å². The minimum absolute atomic E-state index is 0.0917. The molecule has 0 aliphatic carbocycles. The third kappa shape index (κ3) is 2.62. The smallest absolute Gasteiger partial charge is 0.348 e. The monoisotopic (exact) mass is 311 g/mol. The Bertz CT molecular complexity index is 835. The van der Waals surface area contributed by atoms with Crippen LogP contribution in [-0.4, -0.2) is 25.1 Å². The number of H-pyrrole nitrogens is 2. The highest BCUT2D eigenvalue weighted by Gasteiger charge is 2.38. The molecule has 3 heterocycles. The van der Waals surface area contributed by atoms with Crippen LogP contribution in [0.1, 0.15) is 17.3 Å². The molecule has 0 aromatic carbocycles. The third-order valence-corrected chi connectivity index (χ3v) is 2.87. The molecule has 0 radical (unpaired) electrons. The summed E-state index contributed by atoms with van der Waals surface area (Å²) in [7, 11) is 0. The minimum atomic E-state index is -4.74. The summed E-state index contributed by atoms with van der Waals surface area (Å²) in [5.41, 5.74) is -0.126. The first kappa shape index (κ1) is 14.0. The maximum absolute atomic E-state index is 12.5. The largest absolute Gasteiger partial charge is 0.471 e. The van der Waals surface area contributed by atoms with Crippen molar-refractivity contribution in [2.45, 2.75) is 12.6 Å². The van der Waals surface area contributed by atoms with Gasteiger partial charge in [0.15, 0.2) is 0 Å². The van der Waals surface area contributed by atoms with Crippen molar-refractivity contribution in [3.05, 3.63) is 52.3 Å². The van der Waals surface area contributed by atoms with Crippen molar-refractivity contribution in [1.29, 1.82) is 0 Å². The van der Waals surface area contributed by atoms with E-state index < -0.39 is 17.6 Å². The summed E-state index contributed by atoms with van der Waals surface area (Å²) in [4.78, 5) is 24.5. The van der Waals surface area contributed by atoms with Gasteiger partial charge in [-0.15, -0.1) is 0 Å². The maximum atomic E-state index is 12.5. The van der Waals surface area contributed by atoms with E-state index in [0.717, 1.165) is 0 Å². The molecule has 2 N–H and O–H groups in total. The summed E-state index contributed by atoms with van der Waals surface area (Å²) in [5.74, 6) is -1.29. The summed E-state index contributed by atoms with van der Waals surface area (Å²) in [5, 5.41) is 3.29. The Balaban J connectivity index is 2.05. The molecule has 0 aliphatic rings. The Labute approximate surface area is 120 Å². The van der Waals surface area contributed by atoms with Crippen LogP contribution in [0.2, 0.25) is 0 Å². The second-order valence-electron chi connectivity index (χ2n) is 4.33. The predicted octanol–water partition coefficient (Wildman–Crippen LogP) is 1.76. The Kier molecular flexibility index (Phi) is 3.28. The van der Waals surface area contributed by atoms with Crippen molar-refractivity contribution in [2.75, 3.05) is 0 Å². The molecule has 0 saturated heterocycles. The van der Waals surface area contributed by atoms with Gasteiger partial charge in [-0.1, -0.05) is 5.16 Å². The van der Waals surface area contributed by atoms with Gasteiger partial charge in [0.25, 0.3) is 5.56 Å². The van der Waals surface area contributed by atoms with Crippen molar-refractivity contribution in [2.24, 2.45) is 0 Å². The first-order chi connectivity index (χ1) is 10.4. The fraction of sp³-hybridized carbons (Fsp3) is 0.167. The van der Waals surface area contributed by atoms with Crippen LogP contribution in [0.3, 0.4) is 0 Å². The van der Waals surface area contributed by atoms with Gasteiger partial charge in [-0.2, -0.15) is 18.2 Å². The number of rotatable bonds is 3. The molecule has 0 spiro atoms. The summed E-state index contributed by atoms with van der Waals surface area (Å²) in [6.07, 6.45) is -0.278. The van der Waals surface area contributed by atoms with Crippen molar-refractivity contribution < 1.29 is 17.7 Å². The van der Waals surface area contributed by atoms with Gasteiger partial charge < -0.3 is 14.5 Å². The summed E-state index contributed by atoms with van der Waals surface area (Å²) in [6, 6.07) is 1.41. The van der Waals surface area contributed by atoms with Gasteiger partial charge in [-0.05, 0) is 6.07 Å². The number of alkyl halides is 3. The van der Waals surface area contributed by atoms with E-state index in [4.69, 9.17) is 0 Å². The lowest BCUT2D eigenvalue weighted by molar-refractivity contribution is -0.159. The first-order valence-corrected chi connectivity index (χ1v) is 6.05. The topological polar surface area (TPSA) is 100 Å². The lowest BCUT2D eigenvalue weighted by atomic mass is 10.1. The van der Waals surface area contributed by atoms with E-state index in [0.29, 0.717) is 5.82 Å². The molecule has 0 aliphatic heterocycles. The quantitative estimate of drug-likeness (QED) is 0.767. The highest BCUT2D eigenvalue weighted by molar-refractivity contribution is 5.59. The lowest BCUT2D eigenvalue weighted by Crippen LogP contribution is -2.14. The molecule has 3 aromatic heterocycles. The van der Waals surface area contributed by atoms with Crippen molar-refractivity contribution >= 4 is 0 Å². The number of aromatic amines is 2. The molecular weight excluding hydrogens is 303 g/mol. The highest BCUT2D eigenvalue weighted by atomic mass is 19.4. The first-order valence-electron chi connectivity index (χ1n) is 6.05. The van der Waals surface area contributed by atoms with E-state index in [-0.39, 0.29) is 23.4 Å². The van der Waals surface area contributed by atoms with Crippen LogP contribution in [0.5, 0.6) is 0 Å². The van der Waals surface area contributed by atoms with Crippen LogP contribution in [-0.2, 0) is 12.6 Å². The fourth-order valence-corrected chi connectivity index (χ4v) is 1.91. The third-order valence-electron chi connectivity index (χ3n) is 2.87. The molecule has 10 heteroatoms. The van der Waals surface area contributed by atoms with E-state index in [1.54, 1.807) is 6.20 Å². The number of pyridine rings is 1. The van der Waals surface area contributed by atoms with Gasteiger partial charge in [-0.25, -0.2) is 4.98 Å². The van der Waals surface area contributed by atoms with Crippen LogP contribution in [0.25, 0.3) is 11.4 Å². The Morgan fingerprint density at radius 2 is 2.05 bits per heavy atom. The molecule has 3 rings (SSSR count). The number of hydrogen-bond donors (Lipinski definition) is 2. The van der Waals surface area contributed by atoms with Crippen LogP contribution in [0.15, 0.2) is 34.0 Å². The second kappa shape index (κ2) is 5.13. The van der Waals surface area contributed by atoms with Gasteiger partial charge in [0.2, 0.25) is 5.82 Å². The summed E-state index contributed by atoms with van der Waals surface area (Å²) >= 11 is 0. The molecule has 0 amide bonds. The molecule has 0 saturated carbocycles. The lowest BCUT2D eigenvalue weighted by Gasteiger charge is -2.03. The molecular formula is C12H8F3N5O2. The second-order valence-corrected chi connectivity index (χ2v) is 4.33. The van der Waals surface area contributed by atoms with Gasteiger partial charge in [0.05, 0.1) is 0 Å². The van der Waals surface area contributed by atoms with E-state index >= 15 is 0 Å². The molecule has 22 heavy (non-hydrogen) atoms. The maximum Gasteiger partial charge on any atom is 0.471 e. The number of nitrogens with one attached hydrogen (secondary N) is 2. The number of aromatic nitrogens is 5. The minimum Gasteiger partial charge on any atom is -0.348 e. The summed E-state index contributed by atoms with van der Waals surface area (Å²) < 4.78 is 41.8. The Hall–Kier alpha value is -2.91. The Morgan fingerprint density at radius 1 is 1.23 bits per heavy atom. The predicted molar refractivity (Wildman–Crippen MR) is 66.8 cm³/mol. The van der Waals surface area contributed by atoms with E-state index in [2.05, 4.69) is 29.6 Å². The average molecular weight is 311 g/mol. The molecule has 0 bridgehead atoms. The normalized spacial score (nSPS) is 11.8. The number of imidazole rings is 1. The zero-order valence-corrected chi connectivity index (χ0v) is 10.8. The molecule has 0 atom stereocenters. The van der Waals surface area contributed by atoms with Gasteiger partial charge in [-0.3, -0.25) is 4.79 Å². The van der Waals surface area contributed by atoms with Crippen molar-refractivity contribution in [1.82, 2.24) is 25.1 Å². The van der Waals surface area contributed by atoms with E-state index in [1.165, 1.54) is 18.5 Å². The molecule has 3 aromatic rings. The SMILES string of the molecule is O=c1[nH]ccc(-c2noc(C(F)(F)F)n2)c1Cc1ncc[nH]1. The molecule has 114 valence electrons.